The molecule has 0 unspecified atom stereocenters. The van der Waals surface area contributed by atoms with Gasteiger partial charge in [-0.3, -0.25) is 15.1 Å². The summed E-state index contributed by atoms with van der Waals surface area (Å²) in [6, 6.07) is 11.0. The van der Waals surface area contributed by atoms with Gasteiger partial charge in [-0.25, -0.2) is 4.98 Å². The van der Waals surface area contributed by atoms with Crippen LogP contribution in [0.1, 0.15) is 0 Å². The van der Waals surface area contributed by atoms with Crippen LogP contribution in [0.5, 0.6) is 0 Å². The van der Waals surface area contributed by atoms with E-state index in [1.54, 1.807) is 12.3 Å². The van der Waals surface area contributed by atoms with Gasteiger partial charge in [0.25, 0.3) is 5.69 Å². The summed E-state index contributed by atoms with van der Waals surface area (Å²) in [5, 5.41) is 13.5. The van der Waals surface area contributed by atoms with Gasteiger partial charge in [0.1, 0.15) is 11.2 Å². The third-order valence-corrected chi connectivity index (χ3v) is 3.81. The molecule has 0 radical (unpaired) electrons. The summed E-state index contributed by atoms with van der Waals surface area (Å²) in [7, 11) is 0. The maximum Gasteiger partial charge on any atom is 0.287 e. The molecule has 3 rings (SSSR count). The molecule has 0 amide bonds. The second-order valence-electron chi connectivity index (χ2n) is 4.07. The van der Waals surface area contributed by atoms with Gasteiger partial charge in [0.15, 0.2) is 0 Å². The maximum atomic E-state index is 10.6. The Morgan fingerprint density at radius 2 is 2.00 bits per heavy atom. The highest BCUT2D eigenvalue weighted by Crippen LogP contribution is 2.32. The van der Waals surface area contributed by atoms with Crippen molar-refractivity contribution in [2.45, 2.75) is 9.92 Å². The zero-order valence-electron chi connectivity index (χ0n) is 10.3. The van der Waals surface area contributed by atoms with Gasteiger partial charge in [0.05, 0.1) is 4.92 Å². The minimum atomic E-state index is -0.453. The molecule has 6 heteroatoms. The molecule has 98 valence electrons. The number of aromatic nitrogens is 2. The van der Waals surface area contributed by atoms with E-state index in [0.29, 0.717) is 0 Å². The molecule has 2 aromatic heterocycles. The summed E-state index contributed by atoms with van der Waals surface area (Å²) in [4.78, 5) is 19.4. The fourth-order valence-electron chi connectivity index (χ4n) is 1.84. The number of nitrogens with zero attached hydrogens (tertiary/aromatic N) is 3. The Kier molecular flexibility index (Phi) is 3.30. The lowest BCUT2D eigenvalue weighted by molar-refractivity contribution is -0.385. The van der Waals surface area contributed by atoms with Crippen molar-refractivity contribution in [1.29, 1.82) is 0 Å². The first kappa shape index (κ1) is 12.6. The van der Waals surface area contributed by atoms with Crippen LogP contribution in [0.2, 0.25) is 0 Å². The van der Waals surface area contributed by atoms with E-state index in [2.05, 4.69) is 9.97 Å². The summed E-state index contributed by atoms with van der Waals surface area (Å²) >= 11 is 1.48. The highest BCUT2D eigenvalue weighted by atomic mass is 32.2. The molecule has 0 spiro atoms. The number of rotatable bonds is 3. The van der Waals surface area contributed by atoms with Crippen LogP contribution in [0.4, 0.5) is 5.69 Å². The van der Waals surface area contributed by atoms with Crippen LogP contribution in [0, 0.1) is 10.1 Å². The second kappa shape index (κ2) is 5.26. The van der Waals surface area contributed by atoms with Crippen LogP contribution < -0.4 is 0 Å². The first-order chi connectivity index (χ1) is 9.74. The van der Waals surface area contributed by atoms with Gasteiger partial charge in [0.2, 0.25) is 0 Å². The highest BCUT2D eigenvalue weighted by Gasteiger charge is 2.07. The Morgan fingerprint density at radius 3 is 2.75 bits per heavy atom. The second-order valence-corrected chi connectivity index (χ2v) is 5.13. The van der Waals surface area contributed by atoms with E-state index in [1.807, 2.05) is 30.5 Å². The lowest BCUT2D eigenvalue weighted by Crippen LogP contribution is -1.89. The van der Waals surface area contributed by atoms with Crippen molar-refractivity contribution in [1.82, 2.24) is 9.97 Å². The molecule has 0 atom stereocenters. The van der Waals surface area contributed by atoms with Crippen LogP contribution in [-0.2, 0) is 0 Å². The average Bonchev–Trinajstić information content (AvgIpc) is 2.48. The Morgan fingerprint density at radius 1 is 1.10 bits per heavy atom. The summed E-state index contributed by atoms with van der Waals surface area (Å²) in [6.07, 6.45) is 4.83. The standard InChI is InChI=1S/C14H9N3O2S/c18-17(19)11-4-5-14(16-9-11)20-13-3-1-2-10-8-15-7-6-12(10)13/h1-9H. The SMILES string of the molecule is O=[N+]([O-])c1ccc(Sc2cccc3cnccc23)nc1. The fourth-order valence-corrected chi connectivity index (χ4v) is 2.74. The molecule has 1 aromatic carbocycles. The van der Waals surface area contributed by atoms with E-state index in [1.165, 1.54) is 24.0 Å². The van der Waals surface area contributed by atoms with Crippen molar-refractivity contribution >= 4 is 28.2 Å². The molecule has 5 nitrogen and oxygen atoms in total. The highest BCUT2D eigenvalue weighted by molar-refractivity contribution is 7.99. The summed E-state index contributed by atoms with van der Waals surface area (Å²) in [5.74, 6) is 0. The Hall–Kier alpha value is -2.47. The van der Waals surface area contributed by atoms with Crippen LogP contribution >= 0.6 is 11.8 Å². The van der Waals surface area contributed by atoms with E-state index in [9.17, 15) is 10.1 Å². The Bertz CT molecular complexity index is 769. The van der Waals surface area contributed by atoms with Crippen LogP contribution in [0.15, 0.2) is 64.9 Å². The Labute approximate surface area is 118 Å². The topological polar surface area (TPSA) is 68.9 Å². The molecule has 2 heterocycles. The van der Waals surface area contributed by atoms with Crippen molar-refractivity contribution in [2.24, 2.45) is 0 Å². The van der Waals surface area contributed by atoms with Gasteiger partial charge in [-0.1, -0.05) is 23.9 Å². The maximum absolute atomic E-state index is 10.6. The molecular weight excluding hydrogens is 274 g/mol. The van der Waals surface area contributed by atoms with Gasteiger partial charge in [0, 0.05) is 28.7 Å². The normalized spacial score (nSPS) is 10.6. The third kappa shape index (κ3) is 2.46. The summed E-state index contributed by atoms with van der Waals surface area (Å²) in [5.41, 5.74) is -0.00327. The van der Waals surface area contributed by atoms with Crippen molar-refractivity contribution in [3.05, 3.63) is 65.1 Å². The zero-order chi connectivity index (χ0) is 13.9. The summed E-state index contributed by atoms with van der Waals surface area (Å²) < 4.78 is 0. The number of hydrogen-bond donors (Lipinski definition) is 0. The van der Waals surface area contributed by atoms with Crippen LogP contribution in [-0.4, -0.2) is 14.9 Å². The quantitative estimate of drug-likeness (QED) is 0.541. The molecule has 3 aromatic rings. The van der Waals surface area contributed by atoms with E-state index in [4.69, 9.17) is 0 Å². The van der Waals surface area contributed by atoms with E-state index >= 15 is 0 Å². The molecule has 0 fully saturated rings. The van der Waals surface area contributed by atoms with E-state index < -0.39 is 4.92 Å². The minimum Gasteiger partial charge on any atom is -0.264 e. The minimum absolute atomic E-state index is 0.00327. The molecule has 0 N–H and O–H groups in total. The van der Waals surface area contributed by atoms with E-state index in [-0.39, 0.29) is 5.69 Å². The van der Waals surface area contributed by atoms with Gasteiger partial charge in [-0.15, -0.1) is 0 Å². The first-order valence-electron chi connectivity index (χ1n) is 5.85. The van der Waals surface area contributed by atoms with Gasteiger partial charge in [-0.2, -0.15) is 0 Å². The molecule has 0 aliphatic carbocycles. The van der Waals surface area contributed by atoms with Crippen molar-refractivity contribution < 1.29 is 4.92 Å². The number of hydrogen-bond acceptors (Lipinski definition) is 5. The molecular formula is C14H9N3O2S. The van der Waals surface area contributed by atoms with Gasteiger partial charge in [-0.05, 0) is 23.6 Å². The van der Waals surface area contributed by atoms with Gasteiger partial charge < -0.3 is 0 Å². The lowest BCUT2D eigenvalue weighted by atomic mass is 10.2. The molecule has 0 aliphatic rings. The molecule has 0 saturated carbocycles. The average molecular weight is 283 g/mol. The lowest BCUT2D eigenvalue weighted by Gasteiger charge is -2.05. The number of pyridine rings is 2. The monoisotopic (exact) mass is 283 g/mol. The number of benzene rings is 1. The predicted molar refractivity (Wildman–Crippen MR) is 76.8 cm³/mol. The number of fused-ring (bicyclic) bond motifs is 1. The zero-order valence-corrected chi connectivity index (χ0v) is 11.1. The largest absolute Gasteiger partial charge is 0.287 e. The van der Waals surface area contributed by atoms with Crippen LogP contribution in [0.25, 0.3) is 10.8 Å². The Balaban J connectivity index is 1.95. The predicted octanol–water partition coefficient (Wildman–Crippen LogP) is 3.69. The molecule has 0 aliphatic heterocycles. The smallest absolute Gasteiger partial charge is 0.264 e. The molecule has 0 saturated heterocycles. The van der Waals surface area contributed by atoms with E-state index in [0.717, 1.165) is 20.7 Å². The fraction of sp³-hybridized carbons (Fsp3) is 0. The molecule has 0 bridgehead atoms. The van der Waals surface area contributed by atoms with Crippen molar-refractivity contribution in [3.63, 3.8) is 0 Å². The third-order valence-electron chi connectivity index (χ3n) is 2.79. The summed E-state index contributed by atoms with van der Waals surface area (Å²) in [6.45, 7) is 0. The molecule has 20 heavy (non-hydrogen) atoms. The van der Waals surface area contributed by atoms with Crippen molar-refractivity contribution in [3.8, 4) is 0 Å². The van der Waals surface area contributed by atoms with Crippen LogP contribution in [0.3, 0.4) is 0 Å². The van der Waals surface area contributed by atoms with Gasteiger partial charge >= 0.3 is 0 Å². The van der Waals surface area contributed by atoms with Crippen molar-refractivity contribution in [2.75, 3.05) is 0 Å². The first-order valence-corrected chi connectivity index (χ1v) is 6.67. The number of nitro groups is 1.